The van der Waals surface area contributed by atoms with E-state index in [-0.39, 0.29) is 5.91 Å². The zero-order chi connectivity index (χ0) is 13.5. The molecule has 1 aromatic rings. The Labute approximate surface area is 113 Å². The molecule has 0 aliphatic heterocycles. The quantitative estimate of drug-likeness (QED) is 0.625. The fourth-order valence-electron chi connectivity index (χ4n) is 1.44. The van der Waals surface area contributed by atoms with Crippen LogP contribution >= 0.6 is 12.2 Å². The number of carbonyl (C=O) groups excluding carboxylic acids is 1. The number of carbonyl (C=O) groups is 1. The van der Waals surface area contributed by atoms with Crippen LogP contribution in [-0.2, 0) is 4.74 Å². The molecule has 1 rings (SSSR count). The molecule has 0 atom stereocenters. The molecule has 1 aromatic carbocycles. The summed E-state index contributed by atoms with van der Waals surface area (Å²) in [6.45, 7) is 3.70. The minimum atomic E-state index is -0.0378. The van der Waals surface area contributed by atoms with E-state index in [1.807, 2.05) is 6.92 Å². The lowest BCUT2D eigenvalue weighted by Gasteiger charge is -2.17. The normalized spacial score (nSPS) is 10.1. The predicted molar refractivity (Wildman–Crippen MR) is 75.8 cm³/mol. The molecule has 0 saturated heterocycles. The molecule has 0 aromatic heterocycles. The van der Waals surface area contributed by atoms with E-state index in [9.17, 15) is 4.79 Å². The molecule has 5 heteroatoms. The van der Waals surface area contributed by atoms with Gasteiger partial charge in [0.05, 0.1) is 6.61 Å². The van der Waals surface area contributed by atoms with Crippen LogP contribution in [0.2, 0.25) is 0 Å². The van der Waals surface area contributed by atoms with Crippen molar-refractivity contribution in [2.45, 2.75) is 6.92 Å². The zero-order valence-corrected chi connectivity index (χ0v) is 11.5. The number of rotatable bonds is 6. The Morgan fingerprint density at radius 3 is 2.39 bits per heavy atom. The average molecular weight is 266 g/mol. The zero-order valence-electron chi connectivity index (χ0n) is 10.7. The third-order valence-electron chi connectivity index (χ3n) is 2.54. The van der Waals surface area contributed by atoms with Gasteiger partial charge in [-0.05, 0) is 19.1 Å². The molecular weight excluding hydrogens is 248 g/mol. The molecule has 0 aliphatic carbocycles. The first-order chi connectivity index (χ1) is 8.56. The van der Waals surface area contributed by atoms with Gasteiger partial charge >= 0.3 is 0 Å². The summed E-state index contributed by atoms with van der Waals surface area (Å²) in [5.74, 6) is -0.0378. The fraction of sp³-hybridized carbons (Fsp3) is 0.385. The predicted octanol–water partition coefficient (Wildman–Crippen LogP) is 1.43. The summed E-state index contributed by atoms with van der Waals surface area (Å²) in [5.41, 5.74) is 6.88. The number of nitrogens with two attached hydrogens (primary N) is 1. The third kappa shape index (κ3) is 4.09. The lowest BCUT2D eigenvalue weighted by atomic mass is 10.1. The minimum absolute atomic E-state index is 0.0378. The van der Waals surface area contributed by atoms with Gasteiger partial charge in [-0.1, -0.05) is 24.4 Å². The maximum Gasteiger partial charge on any atom is 0.253 e. The van der Waals surface area contributed by atoms with Crippen LogP contribution in [0.3, 0.4) is 0 Å². The van der Waals surface area contributed by atoms with Gasteiger partial charge < -0.3 is 15.4 Å². The highest BCUT2D eigenvalue weighted by Gasteiger charge is 2.11. The van der Waals surface area contributed by atoms with E-state index >= 15 is 0 Å². The molecule has 0 heterocycles. The van der Waals surface area contributed by atoms with Gasteiger partial charge in [-0.3, -0.25) is 4.79 Å². The molecule has 0 unspecified atom stereocenters. The Morgan fingerprint density at radius 1 is 1.33 bits per heavy atom. The smallest absolute Gasteiger partial charge is 0.253 e. The van der Waals surface area contributed by atoms with Crippen molar-refractivity contribution < 1.29 is 9.53 Å². The lowest BCUT2D eigenvalue weighted by molar-refractivity contribution is 0.0710. The highest BCUT2D eigenvalue weighted by molar-refractivity contribution is 7.80. The second kappa shape index (κ2) is 7.08. The van der Waals surface area contributed by atoms with Crippen molar-refractivity contribution in [3.8, 4) is 0 Å². The second-order valence-corrected chi connectivity index (χ2v) is 4.31. The Bertz CT molecular complexity index is 418. The fourth-order valence-corrected chi connectivity index (χ4v) is 1.58. The van der Waals surface area contributed by atoms with Gasteiger partial charge in [0.25, 0.3) is 5.91 Å². The van der Waals surface area contributed by atoms with E-state index in [2.05, 4.69) is 0 Å². The van der Waals surface area contributed by atoms with Gasteiger partial charge in [0.2, 0.25) is 0 Å². The highest BCUT2D eigenvalue weighted by Crippen LogP contribution is 2.07. The number of benzene rings is 1. The van der Waals surface area contributed by atoms with Crippen molar-refractivity contribution in [1.82, 2.24) is 4.90 Å². The SMILES string of the molecule is CCOCCN(C)C(=O)c1ccc(C(N)=S)cc1. The molecule has 98 valence electrons. The molecular formula is C13H18N2O2S. The number of hydrogen-bond acceptors (Lipinski definition) is 3. The van der Waals surface area contributed by atoms with Crippen LogP contribution in [0.5, 0.6) is 0 Å². The van der Waals surface area contributed by atoms with Crippen LogP contribution in [0.25, 0.3) is 0 Å². The van der Waals surface area contributed by atoms with Crippen molar-refractivity contribution in [2.24, 2.45) is 5.73 Å². The van der Waals surface area contributed by atoms with E-state index in [0.717, 1.165) is 5.56 Å². The molecule has 18 heavy (non-hydrogen) atoms. The minimum Gasteiger partial charge on any atom is -0.389 e. The van der Waals surface area contributed by atoms with Crippen molar-refractivity contribution in [1.29, 1.82) is 0 Å². The Hall–Kier alpha value is -1.46. The van der Waals surface area contributed by atoms with Crippen molar-refractivity contribution in [2.75, 3.05) is 26.8 Å². The van der Waals surface area contributed by atoms with Crippen LogP contribution in [0.1, 0.15) is 22.8 Å². The molecule has 4 nitrogen and oxygen atoms in total. The first-order valence-electron chi connectivity index (χ1n) is 5.79. The van der Waals surface area contributed by atoms with Crippen molar-refractivity contribution in [3.05, 3.63) is 35.4 Å². The molecule has 0 radical (unpaired) electrons. The van der Waals surface area contributed by atoms with E-state index in [1.54, 1.807) is 36.2 Å². The maximum absolute atomic E-state index is 12.0. The highest BCUT2D eigenvalue weighted by atomic mass is 32.1. The van der Waals surface area contributed by atoms with Crippen molar-refractivity contribution in [3.63, 3.8) is 0 Å². The number of nitrogens with zero attached hydrogens (tertiary/aromatic N) is 1. The monoisotopic (exact) mass is 266 g/mol. The topological polar surface area (TPSA) is 55.6 Å². The van der Waals surface area contributed by atoms with Gasteiger partial charge in [-0.15, -0.1) is 0 Å². The Morgan fingerprint density at radius 2 is 1.89 bits per heavy atom. The first-order valence-corrected chi connectivity index (χ1v) is 6.20. The van der Waals surface area contributed by atoms with Gasteiger partial charge in [0, 0.05) is 31.3 Å². The molecule has 0 fully saturated rings. The maximum atomic E-state index is 12.0. The number of ether oxygens (including phenoxy) is 1. The van der Waals surface area contributed by atoms with E-state index in [0.29, 0.717) is 30.3 Å². The molecule has 0 aliphatic rings. The molecule has 0 saturated carbocycles. The molecule has 0 bridgehead atoms. The van der Waals surface area contributed by atoms with Gasteiger partial charge in [-0.25, -0.2) is 0 Å². The van der Waals surface area contributed by atoms with Crippen molar-refractivity contribution >= 4 is 23.1 Å². The first kappa shape index (κ1) is 14.6. The summed E-state index contributed by atoms with van der Waals surface area (Å²) >= 11 is 4.86. The third-order valence-corrected chi connectivity index (χ3v) is 2.77. The molecule has 2 N–H and O–H groups in total. The van der Waals surface area contributed by atoms with E-state index < -0.39 is 0 Å². The number of amides is 1. The summed E-state index contributed by atoms with van der Waals surface area (Å²) in [7, 11) is 1.75. The summed E-state index contributed by atoms with van der Waals surface area (Å²) in [4.78, 5) is 14.0. The van der Waals surface area contributed by atoms with Crippen LogP contribution in [0, 0.1) is 0 Å². The van der Waals surface area contributed by atoms with Crippen LogP contribution in [-0.4, -0.2) is 42.6 Å². The molecule has 0 spiro atoms. The standard InChI is InChI=1S/C13H18N2O2S/c1-3-17-9-8-15(2)13(16)11-6-4-10(5-7-11)12(14)18/h4-7H,3,8-9H2,1-2H3,(H2,14,18). The largest absolute Gasteiger partial charge is 0.389 e. The van der Waals surface area contributed by atoms with E-state index in [4.69, 9.17) is 22.7 Å². The van der Waals surface area contributed by atoms with Gasteiger partial charge in [0.15, 0.2) is 0 Å². The molecule has 1 amide bonds. The average Bonchev–Trinajstić information content (AvgIpc) is 2.38. The number of likely N-dealkylation sites (N-methyl/N-ethyl adjacent to an activating group) is 1. The van der Waals surface area contributed by atoms with Crippen LogP contribution in [0.15, 0.2) is 24.3 Å². The number of hydrogen-bond donors (Lipinski definition) is 1. The summed E-state index contributed by atoms with van der Waals surface area (Å²) in [6.07, 6.45) is 0. The Balaban J connectivity index is 2.63. The second-order valence-electron chi connectivity index (χ2n) is 3.87. The Kier molecular flexibility index (Phi) is 5.74. The van der Waals surface area contributed by atoms with Crippen LogP contribution in [0.4, 0.5) is 0 Å². The van der Waals surface area contributed by atoms with E-state index in [1.165, 1.54) is 0 Å². The summed E-state index contributed by atoms with van der Waals surface area (Å²) < 4.78 is 5.21. The summed E-state index contributed by atoms with van der Waals surface area (Å²) in [6, 6.07) is 6.97. The van der Waals surface area contributed by atoms with Gasteiger partial charge in [0.1, 0.15) is 4.99 Å². The number of thiocarbonyl (C=S) groups is 1. The van der Waals surface area contributed by atoms with Crippen LogP contribution < -0.4 is 5.73 Å². The lowest BCUT2D eigenvalue weighted by Crippen LogP contribution is -2.30. The summed E-state index contributed by atoms with van der Waals surface area (Å²) in [5, 5.41) is 0. The van der Waals surface area contributed by atoms with Gasteiger partial charge in [-0.2, -0.15) is 0 Å².